The summed E-state index contributed by atoms with van der Waals surface area (Å²) in [6.45, 7) is 4.62. The number of nitrogens with zero attached hydrogens (tertiary/aromatic N) is 2. The van der Waals surface area contributed by atoms with Gasteiger partial charge in [0.25, 0.3) is 0 Å². The van der Waals surface area contributed by atoms with Crippen LogP contribution in [0.5, 0.6) is 0 Å². The van der Waals surface area contributed by atoms with Crippen molar-refractivity contribution in [2.75, 3.05) is 11.9 Å². The Bertz CT molecular complexity index is 834. The van der Waals surface area contributed by atoms with E-state index in [2.05, 4.69) is 10.3 Å². The second-order valence-electron chi connectivity index (χ2n) is 6.44. The zero-order valence-electron chi connectivity index (χ0n) is 15.5. The van der Waals surface area contributed by atoms with Crippen LogP contribution in [0.1, 0.15) is 25.3 Å². The summed E-state index contributed by atoms with van der Waals surface area (Å²) in [6.07, 6.45) is 0.966. The molecule has 140 valence electrons. The van der Waals surface area contributed by atoms with E-state index in [-0.39, 0.29) is 18.2 Å². The minimum atomic E-state index is -0.440. The van der Waals surface area contributed by atoms with Crippen LogP contribution >= 0.6 is 11.8 Å². The van der Waals surface area contributed by atoms with Gasteiger partial charge in [0.05, 0.1) is 5.69 Å². The molecule has 2 amide bonds. The molecule has 1 N–H and O–H groups in total. The third-order valence-corrected chi connectivity index (χ3v) is 5.33. The van der Waals surface area contributed by atoms with Crippen molar-refractivity contribution >= 4 is 40.1 Å². The molecule has 2 aromatic carbocycles. The molecule has 1 unspecified atom stereocenters. The third kappa shape index (κ3) is 4.98. The van der Waals surface area contributed by atoms with Crippen molar-refractivity contribution in [3.05, 3.63) is 60.2 Å². The number of amides is 2. The van der Waals surface area contributed by atoms with Gasteiger partial charge in [-0.15, -0.1) is 0 Å². The van der Waals surface area contributed by atoms with Gasteiger partial charge in [-0.05, 0) is 37.6 Å². The molecule has 0 aromatic heterocycles. The maximum Gasteiger partial charge on any atom is 0.242 e. The fourth-order valence-corrected chi connectivity index (χ4v) is 3.97. The van der Waals surface area contributed by atoms with Gasteiger partial charge in [-0.25, -0.2) is 4.99 Å². The molecule has 2 aromatic rings. The lowest BCUT2D eigenvalue weighted by atomic mass is 10.2. The number of carbonyl (C=O) groups is 2. The van der Waals surface area contributed by atoms with Crippen LogP contribution in [0.3, 0.4) is 0 Å². The molecule has 0 saturated carbocycles. The maximum absolute atomic E-state index is 12.8. The molecule has 1 aliphatic heterocycles. The van der Waals surface area contributed by atoms with E-state index in [1.165, 1.54) is 11.8 Å². The molecule has 1 aliphatic rings. The molecule has 0 bridgehead atoms. The first kappa shape index (κ1) is 19.2. The second kappa shape index (κ2) is 8.86. The van der Waals surface area contributed by atoms with Crippen LogP contribution in [0.15, 0.2) is 59.6 Å². The largest absolute Gasteiger partial charge is 0.326 e. The molecule has 6 heteroatoms. The smallest absolute Gasteiger partial charge is 0.242 e. The molecule has 27 heavy (non-hydrogen) atoms. The highest BCUT2D eigenvalue weighted by Gasteiger charge is 2.38. The summed E-state index contributed by atoms with van der Waals surface area (Å²) < 4.78 is 0. The maximum atomic E-state index is 12.8. The fourth-order valence-electron chi connectivity index (χ4n) is 2.78. The van der Waals surface area contributed by atoms with Crippen LogP contribution in [0, 0.1) is 6.92 Å². The second-order valence-corrected chi connectivity index (χ2v) is 7.61. The number of aryl methyl sites for hydroxylation is 1. The predicted octanol–water partition coefficient (Wildman–Crippen LogP) is 4.37. The number of amidine groups is 1. The van der Waals surface area contributed by atoms with Crippen molar-refractivity contribution in [2.24, 2.45) is 4.99 Å². The number of anilines is 1. The van der Waals surface area contributed by atoms with Gasteiger partial charge in [-0.2, -0.15) is 0 Å². The van der Waals surface area contributed by atoms with Crippen molar-refractivity contribution in [2.45, 2.75) is 31.9 Å². The SMILES string of the molecule is CCCN1C(=O)C(CC(=O)Nc2ccc(C)cc2)SC1=Nc1ccccc1. The van der Waals surface area contributed by atoms with E-state index in [1.54, 1.807) is 4.90 Å². The molecule has 0 radical (unpaired) electrons. The highest BCUT2D eigenvalue weighted by Crippen LogP contribution is 2.32. The first-order valence-corrected chi connectivity index (χ1v) is 9.93. The van der Waals surface area contributed by atoms with E-state index in [9.17, 15) is 9.59 Å². The number of aliphatic imine (C=N–C) groups is 1. The number of benzene rings is 2. The summed E-state index contributed by atoms with van der Waals surface area (Å²) in [5, 5.41) is 3.09. The van der Waals surface area contributed by atoms with Crippen molar-refractivity contribution in [3.63, 3.8) is 0 Å². The summed E-state index contributed by atoms with van der Waals surface area (Å²) >= 11 is 1.37. The van der Waals surface area contributed by atoms with Gasteiger partial charge in [0, 0.05) is 18.7 Å². The average Bonchev–Trinajstić information content (AvgIpc) is 2.93. The van der Waals surface area contributed by atoms with Crippen LogP contribution in [0.4, 0.5) is 11.4 Å². The van der Waals surface area contributed by atoms with Gasteiger partial charge >= 0.3 is 0 Å². The number of hydrogen-bond acceptors (Lipinski definition) is 4. The Morgan fingerprint density at radius 1 is 1.15 bits per heavy atom. The average molecular weight is 382 g/mol. The third-order valence-electron chi connectivity index (χ3n) is 4.15. The summed E-state index contributed by atoms with van der Waals surface area (Å²) in [4.78, 5) is 31.5. The zero-order chi connectivity index (χ0) is 19.2. The molecular weight excluding hydrogens is 358 g/mol. The lowest BCUT2D eigenvalue weighted by Gasteiger charge is -2.15. The number of thioether (sulfide) groups is 1. The minimum Gasteiger partial charge on any atom is -0.326 e. The summed E-state index contributed by atoms with van der Waals surface area (Å²) in [5.74, 6) is -0.210. The van der Waals surface area contributed by atoms with Gasteiger partial charge in [0.2, 0.25) is 11.8 Å². The molecule has 5 nitrogen and oxygen atoms in total. The van der Waals surface area contributed by atoms with E-state index in [1.807, 2.05) is 68.4 Å². The van der Waals surface area contributed by atoms with E-state index in [4.69, 9.17) is 0 Å². The standard InChI is InChI=1S/C21H23N3O2S/c1-3-13-24-20(26)18(27-21(24)23-16-7-5-4-6-8-16)14-19(25)22-17-11-9-15(2)10-12-17/h4-12,18H,3,13-14H2,1-2H3,(H,22,25). The Morgan fingerprint density at radius 3 is 2.52 bits per heavy atom. The number of nitrogens with one attached hydrogen (secondary N) is 1. The van der Waals surface area contributed by atoms with E-state index < -0.39 is 5.25 Å². The number of carbonyl (C=O) groups excluding carboxylic acids is 2. The monoisotopic (exact) mass is 381 g/mol. The molecular formula is C21H23N3O2S. The van der Waals surface area contributed by atoms with E-state index in [0.29, 0.717) is 11.7 Å². The quantitative estimate of drug-likeness (QED) is 0.808. The van der Waals surface area contributed by atoms with Crippen LogP contribution in [-0.2, 0) is 9.59 Å². The number of hydrogen-bond donors (Lipinski definition) is 1. The Morgan fingerprint density at radius 2 is 1.85 bits per heavy atom. The van der Waals surface area contributed by atoms with Crippen LogP contribution in [-0.4, -0.2) is 33.7 Å². The molecule has 1 heterocycles. The summed E-state index contributed by atoms with van der Waals surface area (Å²) in [6, 6.07) is 17.2. The van der Waals surface area contributed by atoms with Crippen molar-refractivity contribution in [3.8, 4) is 0 Å². The van der Waals surface area contributed by atoms with E-state index in [0.717, 1.165) is 23.4 Å². The van der Waals surface area contributed by atoms with Crippen LogP contribution < -0.4 is 5.32 Å². The molecule has 1 atom stereocenters. The summed E-state index contributed by atoms with van der Waals surface area (Å²) in [5.41, 5.74) is 2.68. The zero-order valence-corrected chi connectivity index (χ0v) is 16.3. The lowest BCUT2D eigenvalue weighted by molar-refractivity contribution is -0.128. The van der Waals surface area contributed by atoms with Gasteiger partial charge < -0.3 is 5.32 Å². The van der Waals surface area contributed by atoms with Gasteiger partial charge in [0.15, 0.2) is 5.17 Å². The first-order valence-electron chi connectivity index (χ1n) is 9.05. The molecule has 1 saturated heterocycles. The minimum absolute atomic E-state index is 0.0458. The Kier molecular flexibility index (Phi) is 6.29. The Balaban J connectivity index is 1.70. The van der Waals surface area contributed by atoms with Crippen molar-refractivity contribution in [1.82, 2.24) is 4.90 Å². The van der Waals surface area contributed by atoms with Crippen molar-refractivity contribution in [1.29, 1.82) is 0 Å². The van der Waals surface area contributed by atoms with Gasteiger partial charge in [-0.3, -0.25) is 14.5 Å². The van der Waals surface area contributed by atoms with E-state index >= 15 is 0 Å². The normalized spacial score (nSPS) is 18.1. The van der Waals surface area contributed by atoms with Crippen LogP contribution in [0.2, 0.25) is 0 Å². The number of rotatable bonds is 6. The molecule has 0 aliphatic carbocycles. The van der Waals surface area contributed by atoms with Gasteiger partial charge in [0.1, 0.15) is 5.25 Å². The topological polar surface area (TPSA) is 61.8 Å². The molecule has 3 rings (SSSR count). The Hall–Kier alpha value is -2.60. The van der Waals surface area contributed by atoms with Crippen LogP contribution in [0.25, 0.3) is 0 Å². The predicted molar refractivity (Wildman–Crippen MR) is 111 cm³/mol. The lowest BCUT2D eigenvalue weighted by Crippen LogP contribution is -2.34. The molecule has 1 fully saturated rings. The highest BCUT2D eigenvalue weighted by molar-refractivity contribution is 8.15. The first-order chi connectivity index (χ1) is 13.1. The highest BCUT2D eigenvalue weighted by atomic mass is 32.2. The fraction of sp³-hybridized carbons (Fsp3) is 0.286. The number of para-hydroxylation sites is 1. The van der Waals surface area contributed by atoms with Gasteiger partial charge in [-0.1, -0.05) is 54.6 Å². The Labute approximate surface area is 163 Å². The molecule has 0 spiro atoms. The van der Waals surface area contributed by atoms with Crippen molar-refractivity contribution < 1.29 is 9.59 Å². The summed E-state index contributed by atoms with van der Waals surface area (Å²) in [7, 11) is 0.